The predicted molar refractivity (Wildman–Crippen MR) is 129 cm³/mol. The van der Waals surface area contributed by atoms with E-state index in [0.29, 0.717) is 23.2 Å². The number of amides is 3. The first-order valence-corrected chi connectivity index (χ1v) is 11.0. The topological polar surface area (TPSA) is 78.5 Å². The van der Waals surface area contributed by atoms with Gasteiger partial charge in [-0.05, 0) is 50.2 Å². The van der Waals surface area contributed by atoms with E-state index in [2.05, 4.69) is 10.6 Å². The van der Waals surface area contributed by atoms with Crippen molar-refractivity contribution in [1.82, 2.24) is 15.5 Å². The number of rotatable bonds is 9. The number of benzene rings is 3. The smallest absolute Gasteiger partial charge is 0.254 e. The van der Waals surface area contributed by atoms with Gasteiger partial charge < -0.3 is 15.5 Å². The van der Waals surface area contributed by atoms with Crippen molar-refractivity contribution in [3.8, 4) is 0 Å². The van der Waals surface area contributed by atoms with Crippen LogP contribution in [0.3, 0.4) is 0 Å². The summed E-state index contributed by atoms with van der Waals surface area (Å²) in [4.78, 5) is 40.0. The van der Waals surface area contributed by atoms with Gasteiger partial charge in [-0.1, -0.05) is 54.6 Å². The SMILES string of the molecule is CC(CN(C(=O)c1ccccc1)C(C)CNC(=O)c1ccccc1)NC(=O)c1ccccc1. The standard InChI is InChI=1S/C27H29N3O3/c1-20(29-26(32)23-14-8-4-9-15-23)19-30(27(33)24-16-10-5-11-17-24)21(2)18-28-25(31)22-12-6-3-7-13-22/h3-17,20-21H,18-19H2,1-2H3,(H,28,31)(H,29,32). The molecule has 6 nitrogen and oxygen atoms in total. The van der Waals surface area contributed by atoms with Gasteiger partial charge in [0.05, 0.1) is 0 Å². The first-order chi connectivity index (χ1) is 16.0. The summed E-state index contributed by atoms with van der Waals surface area (Å²) in [6.45, 7) is 4.33. The average Bonchev–Trinajstić information content (AvgIpc) is 2.86. The Labute approximate surface area is 194 Å². The van der Waals surface area contributed by atoms with Crippen molar-refractivity contribution in [1.29, 1.82) is 0 Å². The molecule has 2 N–H and O–H groups in total. The van der Waals surface area contributed by atoms with Crippen molar-refractivity contribution in [2.45, 2.75) is 25.9 Å². The van der Waals surface area contributed by atoms with E-state index in [1.165, 1.54) is 0 Å². The highest BCUT2D eigenvalue weighted by Gasteiger charge is 2.24. The summed E-state index contributed by atoms with van der Waals surface area (Å²) in [6, 6.07) is 26.3. The molecule has 2 unspecified atom stereocenters. The van der Waals surface area contributed by atoms with Crippen molar-refractivity contribution < 1.29 is 14.4 Å². The molecule has 0 radical (unpaired) electrons. The number of hydrogen-bond acceptors (Lipinski definition) is 3. The van der Waals surface area contributed by atoms with E-state index in [0.717, 1.165) is 0 Å². The second-order valence-corrected chi connectivity index (χ2v) is 7.99. The Morgan fingerprint density at radius 3 is 1.67 bits per heavy atom. The van der Waals surface area contributed by atoms with Crippen molar-refractivity contribution in [3.63, 3.8) is 0 Å². The van der Waals surface area contributed by atoms with Crippen LogP contribution in [0.25, 0.3) is 0 Å². The van der Waals surface area contributed by atoms with Gasteiger partial charge in [0.25, 0.3) is 17.7 Å². The van der Waals surface area contributed by atoms with E-state index in [1.54, 1.807) is 53.4 Å². The maximum atomic E-state index is 13.3. The van der Waals surface area contributed by atoms with Gasteiger partial charge in [0, 0.05) is 41.9 Å². The summed E-state index contributed by atoms with van der Waals surface area (Å²) in [5.41, 5.74) is 1.68. The average molecular weight is 444 g/mol. The second kappa shape index (κ2) is 11.6. The lowest BCUT2D eigenvalue weighted by molar-refractivity contribution is 0.0653. The van der Waals surface area contributed by atoms with E-state index in [9.17, 15) is 14.4 Å². The number of carbonyl (C=O) groups excluding carboxylic acids is 3. The summed E-state index contributed by atoms with van der Waals surface area (Å²) in [5.74, 6) is -0.543. The van der Waals surface area contributed by atoms with Gasteiger partial charge in [-0.2, -0.15) is 0 Å². The molecule has 33 heavy (non-hydrogen) atoms. The lowest BCUT2D eigenvalue weighted by Crippen LogP contribution is -2.51. The minimum atomic E-state index is -0.294. The fourth-order valence-corrected chi connectivity index (χ4v) is 3.49. The molecule has 0 aliphatic heterocycles. The molecular weight excluding hydrogens is 414 g/mol. The van der Waals surface area contributed by atoms with E-state index >= 15 is 0 Å². The van der Waals surface area contributed by atoms with Crippen LogP contribution in [0.15, 0.2) is 91.0 Å². The zero-order chi connectivity index (χ0) is 23.6. The minimum absolute atomic E-state index is 0.155. The molecule has 0 spiro atoms. The maximum absolute atomic E-state index is 13.3. The third kappa shape index (κ3) is 6.77. The number of nitrogens with one attached hydrogen (secondary N) is 2. The molecule has 0 fully saturated rings. The molecule has 3 aromatic carbocycles. The fraction of sp³-hybridized carbons (Fsp3) is 0.222. The summed E-state index contributed by atoms with van der Waals surface area (Å²) in [7, 11) is 0. The highest BCUT2D eigenvalue weighted by molar-refractivity contribution is 5.96. The molecule has 0 aliphatic carbocycles. The first kappa shape index (κ1) is 23.7. The molecule has 0 heterocycles. The van der Waals surface area contributed by atoms with Crippen LogP contribution in [0.5, 0.6) is 0 Å². The summed E-state index contributed by atoms with van der Waals surface area (Å²) >= 11 is 0. The molecule has 0 saturated heterocycles. The van der Waals surface area contributed by atoms with Crippen molar-refractivity contribution in [3.05, 3.63) is 108 Å². The van der Waals surface area contributed by atoms with Gasteiger partial charge in [-0.3, -0.25) is 14.4 Å². The third-order valence-electron chi connectivity index (χ3n) is 5.29. The van der Waals surface area contributed by atoms with Crippen LogP contribution >= 0.6 is 0 Å². The van der Waals surface area contributed by atoms with Gasteiger partial charge in [-0.25, -0.2) is 0 Å². The molecule has 3 rings (SSSR count). The summed E-state index contributed by atoms with van der Waals surface area (Å²) < 4.78 is 0. The Bertz CT molecular complexity index is 1060. The Kier molecular flexibility index (Phi) is 8.36. The summed E-state index contributed by atoms with van der Waals surface area (Å²) in [5, 5.41) is 5.86. The van der Waals surface area contributed by atoms with E-state index < -0.39 is 0 Å². The Hall–Kier alpha value is -3.93. The van der Waals surface area contributed by atoms with Crippen LogP contribution in [-0.4, -0.2) is 47.8 Å². The van der Waals surface area contributed by atoms with Gasteiger partial charge in [0.1, 0.15) is 0 Å². The van der Waals surface area contributed by atoms with Gasteiger partial charge in [0.2, 0.25) is 0 Å². The predicted octanol–water partition coefficient (Wildman–Crippen LogP) is 3.77. The number of hydrogen-bond donors (Lipinski definition) is 2. The molecule has 0 aromatic heterocycles. The Balaban J connectivity index is 1.69. The third-order valence-corrected chi connectivity index (χ3v) is 5.29. The zero-order valence-electron chi connectivity index (χ0n) is 18.9. The fourth-order valence-electron chi connectivity index (χ4n) is 3.49. The first-order valence-electron chi connectivity index (χ1n) is 11.0. The molecule has 2 atom stereocenters. The molecule has 0 saturated carbocycles. The number of carbonyl (C=O) groups is 3. The highest BCUT2D eigenvalue weighted by atomic mass is 16.2. The summed E-state index contributed by atoms with van der Waals surface area (Å²) in [6.07, 6.45) is 0. The van der Waals surface area contributed by atoms with E-state index in [4.69, 9.17) is 0 Å². The number of nitrogens with zero attached hydrogens (tertiary/aromatic N) is 1. The lowest BCUT2D eigenvalue weighted by atomic mass is 10.1. The molecule has 0 bridgehead atoms. The molecular formula is C27H29N3O3. The lowest BCUT2D eigenvalue weighted by Gasteiger charge is -2.32. The molecule has 6 heteroatoms. The van der Waals surface area contributed by atoms with Crippen LogP contribution in [0.1, 0.15) is 44.9 Å². The van der Waals surface area contributed by atoms with Crippen molar-refractivity contribution in [2.75, 3.05) is 13.1 Å². The van der Waals surface area contributed by atoms with Crippen molar-refractivity contribution in [2.24, 2.45) is 0 Å². The molecule has 3 aromatic rings. The monoisotopic (exact) mass is 443 g/mol. The van der Waals surface area contributed by atoms with Crippen molar-refractivity contribution >= 4 is 17.7 Å². The maximum Gasteiger partial charge on any atom is 0.254 e. The molecule has 3 amide bonds. The van der Waals surface area contributed by atoms with Crippen LogP contribution in [0.4, 0.5) is 0 Å². The normalized spacial score (nSPS) is 12.3. The Morgan fingerprint density at radius 2 is 1.15 bits per heavy atom. The quantitative estimate of drug-likeness (QED) is 0.529. The highest BCUT2D eigenvalue weighted by Crippen LogP contribution is 2.11. The van der Waals surface area contributed by atoms with Crippen LogP contribution in [-0.2, 0) is 0 Å². The van der Waals surface area contributed by atoms with Gasteiger partial charge in [-0.15, -0.1) is 0 Å². The molecule has 170 valence electrons. The van der Waals surface area contributed by atoms with E-state index in [-0.39, 0.29) is 36.3 Å². The van der Waals surface area contributed by atoms with Crippen LogP contribution < -0.4 is 10.6 Å². The molecule has 0 aliphatic rings. The largest absolute Gasteiger partial charge is 0.350 e. The van der Waals surface area contributed by atoms with Crippen LogP contribution in [0, 0.1) is 0 Å². The van der Waals surface area contributed by atoms with E-state index in [1.807, 2.05) is 56.3 Å². The van der Waals surface area contributed by atoms with Crippen LogP contribution in [0.2, 0.25) is 0 Å². The second-order valence-electron chi connectivity index (χ2n) is 7.99. The van der Waals surface area contributed by atoms with Gasteiger partial charge >= 0.3 is 0 Å². The van der Waals surface area contributed by atoms with Gasteiger partial charge in [0.15, 0.2) is 0 Å². The zero-order valence-corrected chi connectivity index (χ0v) is 18.9. The minimum Gasteiger partial charge on any atom is -0.350 e. The Morgan fingerprint density at radius 1 is 0.697 bits per heavy atom.